The average molecular weight is 490 g/mol. The molecule has 1 amide bonds. The lowest BCUT2D eigenvalue weighted by atomic mass is 9.90. The molecule has 1 aliphatic heterocycles. The van der Waals surface area contributed by atoms with E-state index in [1.165, 1.54) is 27.8 Å². The van der Waals surface area contributed by atoms with Crippen LogP contribution in [0.5, 0.6) is 0 Å². The molecule has 0 aromatic heterocycles. The van der Waals surface area contributed by atoms with Crippen molar-refractivity contribution in [3.63, 3.8) is 0 Å². The highest BCUT2D eigenvalue weighted by molar-refractivity contribution is 5.88. The predicted molar refractivity (Wildman–Crippen MR) is 145 cm³/mol. The second kappa shape index (κ2) is 10.9. The van der Waals surface area contributed by atoms with Crippen LogP contribution in [-0.2, 0) is 30.7 Å². The number of nitrogens with one attached hydrogen (secondary N) is 1. The predicted octanol–water partition coefficient (Wildman–Crippen LogP) is 4.70. The van der Waals surface area contributed by atoms with Gasteiger partial charge in [-0.1, -0.05) is 83.9 Å². The minimum Gasteiger partial charge on any atom is -0.350 e. The van der Waals surface area contributed by atoms with E-state index in [9.17, 15) is 4.79 Å². The topological polar surface area (TPSA) is 35.6 Å². The smallest absolute Gasteiger partial charge is 0.241 e. The van der Waals surface area contributed by atoms with Crippen LogP contribution in [0.3, 0.4) is 0 Å². The van der Waals surface area contributed by atoms with E-state index in [0.717, 1.165) is 51.1 Å². The first kappa shape index (κ1) is 25.4. The molecule has 184 valence electrons. The Kier molecular flexibility index (Phi) is 7.95. The Bertz CT molecular complexity index is 1110. The molecule has 1 N–H and O–H groups in total. The van der Waals surface area contributed by atoms with E-state index in [1.54, 1.807) is 0 Å². The first-order chi connectivity index (χ1) is 16.5. The number of fused-ring (bicyclic) bond motifs is 1. The Balaban J connectivity index is 0.00000289. The number of nitrogens with zero attached hydrogens (tertiary/aromatic N) is 2. The van der Waals surface area contributed by atoms with Gasteiger partial charge in [-0.05, 0) is 36.1 Å². The van der Waals surface area contributed by atoms with E-state index in [2.05, 4.69) is 102 Å². The maximum absolute atomic E-state index is 13.8. The second-order valence-electron chi connectivity index (χ2n) is 10.1. The molecule has 2 aliphatic rings. The molecule has 1 aliphatic carbocycles. The van der Waals surface area contributed by atoms with Crippen molar-refractivity contribution >= 4 is 18.3 Å². The van der Waals surface area contributed by atoms with Crippen LogP contribution < -0.4 is 5.32 Å². The Hall–Kier alpha value is -2.66. The molecule has 3 aromatic rings. The van der Waals surface area contributed by atoms with Gasteiger partial charge in [0, 0.05) is 52.1 Å². The molecule has 5 rings (SSSR count). The third kappa shape index (κ3) is 5.61. The summed E-state index contributed by atoms with van der Waals surface area (Å²) in [6.07, 6.45) is 1.59. The number of hydrogen-bond donors (Lipinski definition) is 1. The molecule has 0 saturated carbocycles. The monoisotopic (exact) mass is 489 g/mol. The van der Waals surface area contributed by atoms with Gasteiger partial charge in [0.15, 0.2) is 0 Å². The molecule has 0 radical (unpaired) electrons. The van der Waals surface area contributed by atoms with E-state index >= 15 is 0 Å². The maximum Gasteiger partial charge on any atom is 0.241 e. The number of hydrogen-bond acceptors (Lipinski definition) is 3. The Morgan fingerprint density at radius 2 is 1.29 bits per heavy atom. The minimum atomic E-state index is -0.496. The Morgan fingerprint density at radius 1 is 0.771 bits per heavy atom. The molecule has 1 fully saturated rings. The molecule has 0 bridgehead atoms. The van der Waals surface area contributed by atoms with Crippen molar-refractivity contribution in [1.29, 1.82) is 0 Å². The van der Waals surface area contributed by atoms with Crippen molar-refractivity contribution in [2.45, 2.75) is 45.3 Å². The highest BCUT2D eigenvalue weighted by Gasteiger charge is 2.48. The summed E-state index contributed by atoms with van der Waals surface area (Å²) in [7, 11) is 0. The number of halogens is 1. The van der Waals surface area contributed by atoms with Gasteiger partial charge in [0.2, 0.25) is 5.91 Å². The van der Waals surface area contributed by atoms with Gasteiger partial charge in [-0.3, -0.25) is 14.6 Å². The molecule has 35 heavy (non-hydrogen) atoms. The zero-order chi connectivity index (χ0) is 23.5. The van der Waals surface area contributed by atoms with Crippen LogP contribution in [0, 0.1) is 13.8 Å². The summed E-state index contributed by atoms with van der Waals surface area (Å²) in [5, 5.41) is 3.30. The number of piperazine rings is 1. The van der Waals surface area contributed by atoms with Crippen LogP contribution in [-0.4, -0.2) is 47.4 Å². The van der Waals surface area contributed by atoms with Gasteiger partial charge >= 0.3 is 0 Å². The lowest BCUT2D eigenvalue weighted by Crippen LogP contribution is -2.64. The summed E-state index contributed by atoms with van der Waals surface area (Å²) in [5.74, 6) is 0.163. The molecule has 5 heteroatoms. The van der Waals surface area contributed by atoms with Crippen LogP contribution in [0.2, 0.25) is 0 Å². The van der Waals surface area contributed by atoms with Gasteiger partial charge < -0.3 is 5.32 Å². The largest absolute Gasteiger partial charge is 0.350 e. The molecule has 0 atom stereocenters. The fourth-order valence-electron chi connectivity index (χ4n) is 5.46. The standard InChI is InChI=1S/C30H35N3O.ClH/c1-23-7-11-25(12-8-23)21-31-29(34)30(19-27-5-3-4-6-28(27)20-30)33-17-15-32(16-18-33)22-26-13-9-24(2)10-14-26;/h3-14H,15-22H2,1-2H3,(H,31,34);1H. The fourth-order valence-corrected chi connectivity index (χ4v) is 5.46. The molecule has 0 spiro atoms. The van der Waals surface area contributed by atoms with Crippen LogP contribution >= 0.6 is 12.4 Å². The number of amides is 1. The van der Waals surface area contributed by atoms with Crippen LogP contribution in [0.1, 0.15) is 33.4 Å². The summed E-state index contributed by atoms with van der Waals surface area (Å²) in [6, 6.07) is 25.8. The summed E-state index contributed by atoms with van der Waals surface area (Å²) < 4.78 is 0. The first-order valence-electron chi connectivity index (χ1n) is 12.5. The first-order valence-corrected chi connectivity index (χ1v) is 12.5. The van der Waals surface area contributed by atoms with Gasteiger partial charge in [-0.25, -0.2) is 0 Å². The van der Waals surface area contributed by atoms with Crippen molar-refractivity contribution in [3.8, 4) is 0 Å². The van der Waals surface area contributed by atoms with Gasteiger partial charge in [-0.15, -0.1) is 12.4 Å². The van der Waals surface area contributed by atoms with Gasteiger partial charge in [-0.2, -0.15) is 0 Å². The van der Waals surface area contributed by atoms with E-state index < -0.39 is 5.54 Å². The Labute approximate surface area is 215 Å². The normalized spacial score (nSPS) is 17.4. The van der Waals surface area contributed by atoms with Crippen molar-refractivity contribution in [2.75, 3.05) is 26.2 Å². The van der Waals surface area contributed by atoms with Crippen LogP contribution in [0.4, 0.5) is 0 Å². The summed E-state index contributed by atoms with van der Waals surface area (Å²) >= 11 is 0. The molecule has 1 heterocycles. The third-order valence-electron chi connectivity index (χ3n) is 7.58. The SMILES string of the molecule is Cc1ccc(CNC(=O)C2(N3CCN(Cc4ccc(C)cc4)CC3)Cc3ccccc3C2)cc1.Cl. The number of carbonyl (C=O) groups excluding carboxylic acids is 1. The molecule has 1 saturated heterocycles. The zero-order valence-corrected chi connectivity index (χ0v) is 21.6. The summed E-state index contributed by atoms with van der Waals surface area (Å²) in [6.45, 7) is 9.56. The molecular formula is C30H36ClN3O. The second-order valence-corrected chi connectivity index (χ2v) is 10.1. The summed E-state index contributed by atoms with van der Waals surface area (Å²) in [4.78, 5) is 18.8. The number of aryl methyl sites for hydroxylation is 2. The van der Waals surface area contributed by atoms with Crippen molar-refractivity contribution in [3.05, 3.63) is 106 Å². The highest BCUT2D eigenvalue weighted by Crippen LogP contribution is 2.36. The molecule has 4 nitrogen and oxygen atoms in total. The summed E-state index contributed by atoms with van der Waals surface area (Å²) in [5.41, 5.74) is 7.18. The van der Waals surface area contributed by atoms with Crippen molar-refractivity contribution in [1.82, 2.24) is 15.1 Å². The minimum absolute atomic E-state index is 0. The Morgan fingerprint density at radius 3 is 1.83 bits per heavy atom. The molecule has 3 aromatic carbocycles. The lowest BCUT2D eigenvalue weighted by Gasteiger charge is -2.45. The van der Waals surface area contributed by atoms with E-state index in [0.29, 0.717) is 6.54 Å². The molecular weight excluding hydrogens is 454 g/mol. The lowest BCUT2D eigenvalue weighted by molar-refractivity contribution is -0.135. The number of carbonyl (C=O) groups is 1. The van der Waals surface area contributed by atoms with Gasteiger partial charge in [0.25, 0.3) is 0 Å². The van der Waals surface area contributed by atoms with Crippen molar-refractivity contribution < 1.29 is 4.79 Å². The highest BCUT2D eigenvalue weighted by atomic mass is 35.5. The number of rotatable bonds is 6. The fraction of sp³-hybridized carbons (Fsp3) is 0.367. The third-order valence-corrected chi connectivity index (χ3v) is 7.58. The van der Waals surface area contributed by atoms with E-state index in [-0.39, 0.29) is 18.3 Å². The zero-order valence-electron chi connectivity index (χ0n) is 20.8. The van der Waals surface area contributed by atoms with Crippen LogP contribution in [0.15, 0.2) is 72.8 Å². The quantitative estimate of drug-likeness (QED) is 0.545. The average Bonchev–Trinajstić information content (AvgIpc) is 3.26. The van der Waals surface area contributed by atoms with Crippen molar-refractivity contribution in [2.24, 2.45) is 0 Å². The van der Waals surface area contributed by atoms with E-state index in [4.69, 9.17) is 0 Å². The molecule has 0 unspecified atom stereocenters. The maximum atomic E-state index is 13.8. The van der Waals surface area contributed by atoms with Gasteiger partial charge in [0.05, 0.1) is 0 Å². The van der Waals surface area contributed by atoms with Crippen LogP contribution in [0.25, 0.3) is 0 Å². The van der Waals surface area contributed by atoms with E-state index in [1.807, 2.05) is 0 Å². The number of benzene rings is 3. The van der Waals surface area contributed by atoms with Gasteiger partial charge in [0.1, 0.15) is 5.54 Å².